The quantitative estimate of drug-likeness (QED) is 0.841. The Hall–Kier alpha value is -0.860. The second-order valence-electron chi connectivity index (χ2n) is 5.30. The van der Waals surface area contributed by atoms with E-state index in [1.807, 2.05) is 0 Å². The summed E-state index contributed by atoms with van der Waals surface area (Å²) in [6, 6.07) is 9.69. The summed E-state index contributed by atoms with van der Waals surface area (Å²) in [4.78, 5) is 0. The summed E-state index contributed by atoms with van der Waals surface area (Å²) in [5.41, 5.74) is 2.66. The van der Waals surface area contributed by atoms with E-state index in [4.69, 9.17) is 0 Å². The number of hydrogen-bond acceptors (Lipinski definition) is 2. The molecule has 94 valence electrons. The Labute approximate surface area is 104 Å². The molecule has 0 aromatic heterocycles. The average Bonchev–Trinajstić information content (AvgIpc) is 2.33. The summed E-state index contributed by atoms with van der Waals surface area (Å²) in [7, 11) is 0. The summed E-state index contributed by atoms with van der Waals surface area (Å²) in [5, 5.41) is 13.1. The zero-order valence-electron chi connectivity index (χ0n) is 10.8. The minimum atomic E-state index is -0.0669. The molecule has 2 nitrogen and oxygen atoms in total. The summed E-state index contributed by atoms with van der Waals surface area (Å²) >= 11 is 0. The van der Waals surface area contributed by atoms with Crippen LogP contribution in [0.3, 0.4) is 0 Å². The van der Waals surface area contributed by atoms with Crippen LogP contribution in [0, 0.1) is 6.92 Å². The lowest BCUT2D eigenvalue weighted by molar-refractivity contribution is 0.114. The highest BCUT2D eigenvalue weighted by Crippen LogP contribution is 2.22. The van der Waals surface area contributed by atoms with Crippen molar-refractivity contribution in [1.29, 1.82) is 0 Å². The van der Waals surface area contributed by atoms with Crippen LogP contribution in [0.5, 0.6) is 0 Å². The van der Waals surface area contributed by atoms with Gasteiger partial charge in [0.2, 0.25) is 0 Å². The minimum absolute atomic E-state index is 0.0669. The normalized spacial score (nSPS) is 26.8. The highest BCUT2D eigenvalue weighted by atomic mass is 16.3. The second-order valence-corrected chi connectivity index (χ2v) is 5.30. The molecule has 1 fully saturated rings. The molecule has 0 bridgehead atoms. The van der Waals surface area contributed by atoms with Crippen molar-refractivity contribution in [3.05, 3.63) is 35.4 Å². The van der Waals surface area contributed by atoms with Crippen LogP contribution in [0.4, 0.5) is 0 Å². The summed E-state index contributed by atoms with van der Waals surface area (Å²) < 4.78 is 0. The maximum atomic E-state index is 9.48. The molecule has 1 aromatic carbocycles. The number of nitrogens with one attached hydrogen (secondary N) is 1. The Morgan fingerprint density at radius 3 is 2.29 bits per heavy atom. The molecule has 0 heterocycles. The van der Waals surface area contributed by atoms with Gasteiger partial charge in [-0.3, -0.25) is 0 Å². The first kappa shape index (κ1) is 12.6. The largest absolute Gasteiger partial charge is 0.393 e. The highest BCUT2D eigenvalue weighted by Gasteiger charge is 2.20. The Bertz CT molecular complexity index is 338. The lowest BCUT2D eigenvalue weighted by atomic mass is 9.92. The van der Waals surface area contributed by atoms with E-state index >= 15 is 0 Å². The maximum absolute atomic E-state index is 9.48. The molecule has 0 saturated heterocycles. The zero-order valence-corrected chi connectivity index (χ0v) is 10.8. The van der Waals surface area contributed by atoms with Crippen molar-refractivity contribution in [2.45, 2.75) is 57.7 Å². The number of hydrogen-bond donors (Lipinski definition) is 2. The SMILES string of the molecule is Cc1ccc([C@H](C)NC2CCC(O)CC2)cc1. The van der Waals surface area contributed by atoms with Gasteiger partial charge in [0.15, 0.2) is 0 Å². The third kappa shape index (κ3) is 3.55. The molecule has 2 N–H and O–H groups in total. The fraction of sp³-hybridized carbons (Fsp3) is 0.600. The van der Waals surface area contributed by atoms with Gasteiger partial charge in [-0.2, -0.15) is 0 Å². The molecule has 0 aliphatic heterocycles. The first-order valence-corrected chi connectivity index (χ1v) is 6.66. The molecular weight excluding hydrogens is 210 g/mol. The predicted molar refractivity (Wildman–Crippen MR) is 71.0 cm³/mol. The van der Waals surface area contributed by atoms with Gasteiger partial charge in [0.25, 0.3) is 0 Å². The van der Waals surface area contributed by atoms with E-state index in [-0.39, 0.29) is 6.10 Å². The van der Waals surface area contributed by atoms with Crippen molar-refractivity contribution in [2.24, 2.45) is 0 Å². The van der Waals surface area contributed by atoms with E-state index in [9.17, 15) is 5.11 Å². The van der Waals surface area contributed by atoms with Crippen LogP contribution >= 0.6 is 0 Å². The minimum Gasteiger partial charge on any atom is -0.393 e. The van der Waals surface area contributed by atoms with Gasteiger partial charge in [-0.1, -0.05) is 29.8 Å². The summed E-state index contributed by atoms with van der Waals surface area (Å²) in [5.74, 6) is 0. The molecule has 0 amide bonds. The zero-order chi connectivity index (χ0) is 12.3. The fourth-order valence-electron chi connectivity index (χ4n) is 2.55. The van der Waals surface area contributed by atoms with Gasteiger partial charge in [0, 0.05) is 12.1 Å². The van der Waals surface area contributed by atoms with Crippen LogP contribution in [0.1, 0.15) is 49.8 Å². The second kappa shape index (κ2) is 5.65. The third-order valence-corrected chi connectivity index (χ3v) is 3.76. The van der Waals surface area contributed by atoms with Crippen molar-refractivity contribution < 1.29 is 5.11 Å². The van der Waals surface area contributed by atoms with E-state index in [2.05, 4.69) is 43.4 Å². The average molecular weight is 233 g/mol. The monoisotopic (exact) mass is 233 g/mol. The molecule has 1 aromatic rings. The number of aliphatic hydroxyl groups is 1. The van der Waals surface area contributed by atoms with E-state index in [0.717, 1.165) is 25.7 Å². The van der Waals surface area contributed by atoms with E-state index < -0.39 is 0 Å². The van der Waals surface area contributed by atoms with Crippen LogP contribution in [0.2, 0.25) is 0 Å². The van der Waals surface area contributed by atoms with Crippen LogP contribution in [0.15, 0.2) is 24.3 Å². The molecule has 1 saturated carbocycles. The van der Waals surface area contributed by atoms with E-state index in [1.165, 1.54) is 11.1 Å². The fourth-order valence-corrected chi connectivity index (χ4v) is 2.55. The van der Waals surface area contributed by atoms with Crippen LogP contribution < -0.4 is 5.32 Å². The number of aliphatic hydroxyl groups excluding tert-OH is 1. The molecule has 1 atom stereocenters. The molecule has 0 spiro atoms. The first-order valence-electron chi connectivity index (χ1n) is 6.66. The molecule has 1 aliphatic carbocycles. The van der Waals surface area contributed by atoms with Gasteiger partial charge < -0.3 is 10.4 Å². The molecule has 1 aliphatic rings. The number of aryl methyl sites for hydroxylation is 1. The van der Waals surface area contributed by atoms with Gasteiger partial charge >= 0.3 is 0 Å². The molecule has 0 radical (unpaired) electrons. The van der Waals surface area contributed by atoms with Gasteiger partial charge in [-0.05, 0) is 45.1 Å². The Balaban J connectivity index is 1.88. The van der Waals surface area contributed by atoms with Gasteiger partial charge in [-0.15, -0.1) is 0 Å². The summed E-state index contributed by atoms with van der Waals surface area (Å²) in [6.45, 7) is 4.33. The lowest BCUT2D eigenvalue weighted by Crippen LogP contribution is -2.36. The Morgan fingerprint density at radius 1 is 1.12 bits per heavy atom. The predicted octanol–water partition coefficient (Wildman–Crippen LogP) is 2.95. The van der Waals surface area contributed by atoms with Crippen LogP contribution in [-0.4, -0.2) is 17.3 Å². The first-order chi connectivity index (χ1) is 8.15. The van der Waals surface area contributed by atoms with Crippen LogP contribution in [0.25, 0.3) is 0 Å². The molecule has 17 heavy (non-hydrogen) atoms. The van der Waals surface area contributed by atoms with Crippen molar-refractivity contribution in [2.75, 3.05) is 0 Å². The Kier molecular flexibility index (Phi) is 4.19. The van der Waals surface area contributed by atoms with Crippen LogP contribution in [-0.2, 0) is 0 Å². The molecule has 2 rings (SSSR count). The molecular formula is C15H23NO. The van der Waals surface area contributed by atoms with Gasteiger partial charge in [-0.25, -0.2) is 0 Å². The third-order valence-electron chi connectivity index (χ3n) is 3.76. The summed E-state index contributed by atoms with van der Waals surface area (Å²) in [6.07, 6.45) is 4.01. The van der Waals surface area contributed by atoms with Crippen molar-refractivity contribution in [3.8, 4) is 0 Å². The maximum Gasteiger partial charge on any atom is 0.0541 e. The van der Waals surface area contributed by atoms with Crippen molar-refractivity contribution in [3.63, 3.8) is 0 Å². The van der Waals surface area contributed by atoms with Crippen molar-refractivity contribution >= 4 is 0 Å². The Morgan fingerprint density at radius 2 is 1.71 bits per heavy atom. The number of benzene rings is 1. The lowest BCUT2D eigenvalue weighted by Gasteiger charge is -2.29. The number of rotatable bonds is 3. The molecule has 2 heteroatoms. The van der Waals surface area contributed by atoms with Gasteiger partial charge in [0.05, 0.1) is 6.10 Å². The van der Waals surface area contributed by atoms with Gasteiger partial charge in [0.1, 0.15) is 0 Å². The van der Waals surface area contributed by atoms with Crippen molar-refractivity contribution in [1.82, 2.24) is 5.32 Å². The van der Waals surface area contributed by atoms with E-state index in [0.29, 0.717) is 12.1 Å². The topological polar surface area (TPSA) is 32.3 Å². The standard InChI is InChI=1S/C15H23NO/c1-11-3-5-13(6-4-11)12(2)16-14-7-9-15(17)10-8-14/h3-6,12,14-17H,7-10H2,1-2H3/t12-,14?,15?/m0/s1. The smallest absolute Gasteiger partial charge is 0.0541 e. The highest BCUT2D eigenvalue weighted by molar-refractivity contribution is 5.23. The molecule has 0 unspecified atom stereocenters. The van der Waals surface area contributed by atoms with E-state index in [1.54, 1.807) is 0 Å².